The summed E-state index contributed by atoms with van der Waals surface area (Å²) in [4.78, 5) is 38.2. The Morgan fingerprint density at radius 3 is 2.50 bits per heavy atom. The van der Waals surface area contributed by atoms with Gasteiger partial charge >= 0.3 is 11.7 Å². The molecule has 10 heteroatoms. The summed E-state index contributed by atoms with van der Waals surface area (Å²) in [6.07, 6.45) is 0.436. The lowest BCUT2D eigenvalue weighted by Crippen LogP contribution is -2.50. The Morgan fingerprint density at radius 1 is 1.15 bits per heavy atom. The highest BCUT2D eigenvalue weighted by atomic mass is 16.6. The minimum atomic E-state index is -0.886. The number of amides is 1. The van der Waals surface area contributed by atoms with E-state index in [2.05, 4.69) is 29.3 Å². The SMILES string of the molecule is CC(c1ccccc1)N1CCN(C(=O)COc2cc(NCCCC(=O)O)ccc2[N+](=O)[O-])CC1. The van der Waals surface area contributed by atoms with Crippen LogP contribution in [-0.4, -0.2) is 71.0 Å². The summed E-state index contributed by atoms with van der Waals surface area (Å²) in [5.74, 6) is -1.11. The maximum atomic E-state index is 12.7. The first-order valence-electron chi connectivity index (χ1n) is 11.3. The van der Waals surface area contributed by atoms with Crippen LogP contribution in [0.5, 0.6) is 5.75 Å². The smallest absolute Gasteiger partial charge is 0.311 e. The van der Waals surface area contributed by atoms with Gasteiger partial charge in [0.2, 0.25) is 0 Å². The number of carboxylic acid groups (broad SMARTS) is 1. The zero-order valence-corrected chi connectivity index (χ0v) is 19.2. The molecular formula is C24H30N4O6. The predicted octanol–water partition coefficient (Wildman–Crippen LogP) is 3.16. The molecule has 1 saturated heterocycles. The number of aliphatic carboxylic acids is 1. The van der Waals surface area contributed by atoms with E-state index in [4.69, 9.17) is 9.84 Å². The highest BCUT2D eigenvalue weighted by Crippen LogP contribution is 2.30. The van der Waals surface area contributed by atoms with Crippen molar-refractivity contribution in [3.63, 3.8) is 0 Å². The summed E-state index contributed by atoms with van der Waals surface area (Å²) < 4.78 is 5.56. The van der Waals surface area contributed by atoms with Crippen molar-refractivity contribution in [1.82, 2.24) is 9.80 Å². The van der Waals surface area contributed by atoms with Crippen LogP contribution in [0.4, 0.5) is 11.4 Å². The molecule has 0 saturated carbocycles. The Kier molecular flexibility index (Phi) is 8.80. The number of piperazine rings is 1. The quantitative estimate of drug-likeness (QED) is 0.291. The van der Waals surface area contributed by atoms with Gasteiger partial charge < -0.3 is 20.1 Å². The number of hydrogen-bond donors (Lipinski definition) is 2. The molecule has 1 aliphatic heterocycles. The Labute approximate surface area is 198 Å². The molecule has 2 aromatic carbocycles. The molecule has 10 nitrogen and oxygen atoms in total. The summed E-state index contributed by atoms with van der Waals surface area (Å²) in [5.41, 5.74) is 1.56. The maximum absolute atomic E-state index is 12.7. The zero-order valence-electron chi connectivity index (χ0n) is 19.2. The highest BCUT2D eigenvalue weighted by Gasteiger charge is 2.25. The predicted molar refractivity (Wildman–Crippen MR) is 127 cm³/mol. The Morgan fingerprint density at radius 2 is 1.85 bits per heavy atom. The number of carboxylic acids is 1. The average molecular weight is 471 g/mol. The van der Waals surface area contributed by atoms with Crippen molar-refractivity contribution in [3.8, 4) is 5.75 Å². The Bertz CT molecular complexity index is 992. The first kappa shape index (κ1) is 25.0. The number of nitrogens with zero attached hydrogens (tertiary/aromatic N) is 3. The molecule has 2 aromatic rings. The van der Waals surface area contributed by atoms with Gasteiger partial charge in [0.15, 0.2) is 12.4 Å². The van der Waals surface area contributed by atoms with Crippen LogP contribution < -0.4 is 10.1 Å². The number of nitro benzene ring substituents is 1. The number of anilines is 1. The monoisotopic (exact) mass is 470 g/mol. The van der Waals surface area contributed by atoms with E-state index in [1.54, 1.807) is 4.90 Å². The summed E-state index contributed by atoms with van der Waals surface area (Å²) >= 11 is 0. The number of nitrogens with one attached hydrogen (secondary N) is 1. The molecule has 3 rings (SSSR count). The fourth-order valence-corrected chi connectivity index (χ4v) is 3.89. The van der Waals surface area contributed by atoms with Crippen LogP contribution in [-0.2, 0) is 9.59 Å². The molecule has 182 valence electrons. The average Bonchev–Trinajstić information content (AvgIpc) is 2.85. The van der Waals surface area contributed by atoms with Gasteiger partial charge in [-0.25, -0.2) is 0 Å². The van der Waals surface area contributed by atoms with Gasteiger partial charge in [-0.3, -0.25) is 24.6 Å². The molecule has 1 amide bonds. The second-order valence-electron chi connectivity index (χ2n) is 8.16. The standard InChI is InChI=1S/C24H30N4O6/c1-18(19-6-3-2-4-7-19)26-12-14-27(15-13-26)23(29)17-34-22-16-20(9-10-21(22)28(32)33)25-11-5-8-24(30)31/h2-4,6-7,9-10,16,18,25H,5,8,11-15,17H2,1H3,(H,30,31). The minimum Gasteiger partial charge on any atom is -0.481 e. The van der Waals surface area contributed by atoms with E-state index in [0.29, 0.717) is 31.7 Å². The third kappa shape index (κ3) is 6.92. The van der Waals surface area contributed by atoms with Gasteiger partial charge in [0.05, 0.1) is 4.92 Å². The molecule has 1 heterocycles. The number of hydrogen-bond acceptors (Lipinski definition) is 7. The van der Waals surface area contributed by atoms with E-state index in [0.717, 1.165) is 13.1 Å². The van der Waals surface area contributed by atoms with Gasteiger partial charge in [0, 0.05) is 63.0 Å². The highest BCUT2D eigenvalue weighted by molar-refractivity contribution is 5.78. The number of carbonyl (C=O) groups is 2. The normalized spacial score (nSPS) is 14.9. The van der Waals surface area contributed by atoms with E-state index in [1.807, 2.05) is 18.2 Å². The van der Waals surface area contributed by atoms with Crippen molar-refractivity contribution < 1.29 is 24.4 Å². The van der Waals surface area contributed by atoms with Crippen molar-refractivity contribution in [2.75, 3.05) is 44.6 Å². The number of nitro groups is 1. The molecule has 0 aliphatic carbocycles. The Balaban J connectivity index is 1.53. The van der Waals surface area contributed by atoms with Crippen LogP contribution in [0.2, 0.25) is 0 Å². The molecule has 1 aliphatic rings. The number of carbonyl (C=O) groups excluding carboxylic acids is 1. The van der Waals surface area contributed by atoms with Crippen molar-refractivity contribution >= 4 is 23.3 Å². The van der Waals surface area contributed by atoms with E-state index in [9.17, 15) is 19.7 Å². The fraction of sp³-hybridized carbons (Fsp3) is 0.417. The lowest BCUT2D eigenvalue weighted by atomic mass is 10.1. The topological polar surface area (TPSA) is 125 Å². The lowest BCUT2D eigenvalue weighted by Gasteiger charge is -2.38. The van der Waals surface area contributed by atoms with Crippen LogP contribution in [0.3, 0.4) is 0 Å². The number of ether oxygens (including phenoxy) is 1. The molecule has 0 spiro atoms. The summed E-state index contributed by atoms with van der Waals surface area (Å²) in [6, 6.07) is 14.8. The molecular weight excluding hydrogens is 440 g/mol. The van der Waals surface area contributed by atoms with Gasteiger partial charge in [-0.1, -0.05) is 30.3 Å². The molecule has 0 radical (unpaired) electrons. The van der Waals surface area contributed by atoms with Crippen molar-refractivity contribution in [1.29, 1.82) is 0 Å². The second-order valence-corrected chi connectivity index (χ2v) is 8.16. The summed E-state index contributed by atoms with van der Waals surface area (Å²) in [6.45, 7) is 4.85. The third-order valence-corrected chi connectivity index (χ3v) is 5.90. The van der Waals surface area contributed by atoms with Gasteiger partial charge in [0.1, 0.15) is 0 Å². The largest absolute Gasteiger partial charge is 0.481 e. The summed E-state index contributed by atoms with van der Waals surface area (Å²) in [7, 11) is 0. The molecule has 34 heavy (non-hydrogen) atoms. The van der Waals surface area contributed by atoms with Crippen LogP contribution >= 0.6 is 0 Å². The number of rotatable bonds is 11. The minimum absolute atomic E-state index is 0.00193. The maximum Gasteiger partial charge on any atom is 0.311 e. The molecule has 1 fully saturated rings. The van der Waals surface area contributed by atoms with E-state index in [-0.39, 0.29) is 36.4 Å². The zero-order chi connectivity index (χ0) is 24.5. The van der Waals surface area contributed by atoms with Crippen LogP contribution in [0.25, 0.3) is 0 Å². The molecule has 1 unspecified atom stereocenters. The molecule has 0 aromatic heterocycles. The molecule has 0 bridgehead atoms. The van der Waals surface area contributed by atoms with Crippen molar-refractivity contribution in [2.24, 2.45) is 0 Å². The van der Waals surface area contributed by atoms with E-state index < -0.39 is 10.9 Å². The molecule has 1 atom stereocenters. The third-order valence-electron chi connectivity index (χ3n) is 5.90. The second kappa shape index (κ2) is 12.0. The fourth-order valence-electron chi connectivity index (χ4n) is 3.89. The van der Waals surface area contributed by atoms with Crippen LogP contribution in [0.1, 0.15) is 31.4 Å². The molecule has 2 N–H and O–H groups in total. The van der Waals surface area contributed by atoms with E-state index in [1.165, 1.54) is 23.8 Å². The lowest BCUT2D eigenvalue weighted by molar-refractivity contribution is -0.385. The summed E-state index contributed by atoms with van der Waals surface area (Å²) in [5, 5.41) is 23.1. The van der Waals surface area contributed by atoms with E-state index >= 15 is 0 Å². The number of benzene rings is 2. The van der Waals surface area contributed by atoms with Crippen LogP contribution in [0.15, 0.2) is 48.5 Å². The van der Waals surface area contributed by atoms with Gasteiger partial charge in [-0.05, 0) is 25.0 Å². The Hall–Kier alpha value is -3.66. The van der Waals surface area contributed by atoms with Crippen LogP contribution in [0, 0.1) is 10.1 Å². The first-order valence-corrected chi connectivity index (χ1v) is 11.3. The van der Waals surface area contributed by atoms with Gasteiger partial charge in [-0.15, -0.1) is 0 Å². The van der Waals surface area contributed by atoms with Gasteiger partial charge in [0.25, 0.3) is 5.91 Å². The first-order chi connectivity index (χ1) is 16.3. The van der Waals surface area contributed by atoms with Crippen molar-refractivity contribution in [2.45, 2.75) is 25.8 Å². The van der Waals surface area contributed by atoms with Gasteiger partial charge in [-0.2, -0.15) is 0 Å². The van der Waals surface area contributed by atoms with Crippen molar-refractivity contribution in [3.05, 3.63) is 64.2 Å².